The fourth-order valence-electron chi connectivity index (χ4n) is 5.32. The molecule has 4 aromatic rings. The van der Waals surface area contributed by atoms with Gasteiger partial charge >= 0.3 is 5.97 Å². The summed E-state index contributed by atoms with van der Waals surface area (Å²) in [7, 11) is 1.86. The number of nitrogens with zero attached hydrogens (tertiary/aromatic N) is 5. The minimum Gasteiger partial charge on any atom is -0.489 e. The molecule has 0 radical (unpaired) electrons. The Morgan fingerprint density at radius 2 is 2.05 bits per heavy atom. The minimum absolute atomic E-state index is 0.00359. The number of rotatable bonds is 7. The lowest BCUT2D eigenvalue weighted by Gasteiger charge is -2.25. The van der Waals surface area contributed by atoms with Gasteiger partial charge in [0, 0.05) is 50.6 Å². The zero-order valence-electron chi connectivity index (χ0n) is 21.8. The predicted octanol–water partition coefficient (Wildman–Crippen LogP) is 4.76. The molecular weight excluding hydrogens is 466 g/mol. The molecule has 1 unspecified atom stereocenters. The number of aromatic nitrogens is 4. The van der Waals surface area contributed by atoms with E-state index < -0.39 is 5.97 Å². The monoisotopic (exact) mass is 499 g/mol. The quantitative estimate of drug-likeness (QED) is 0.392. The highest BCUT2D eigenvalue weighted by Crippen LogP contribution is 2.35. The molecule has 2 aromatic carbocycles. The van der Waals surface area contributed by atoms with E-state index in [1.165, 1.54) is 11.1 Å². The molecule has 0 aliphatic carbocycles. The van der Waals surface area contributed by atoms with E-state index in [1.54, 1.807) is 10.9 Å². The van der Waals surface area contributed by atoms with Gasteiger partial charge in [-0.2, -0.15) is 0 Å². The Labute approximate surface area is 216 Å². The van der Waals surface area contributed by atoms with E-state index in [2.05, 4.69) is 52.2 Å². The number of hydrogen-bond donors (Lipinski definition) is 1. The second kappa shape index (κ2) is 10.3. The molecule has 8 nitrogen and oxygen atoms in total. The average Bonchev–Trinajstić information content (AvgIpc) is 3.16. The summed E-state index contributed by atoms with van der Waals surface area (Å²) in [6.07, 6.45) is 4.69. The van der Waals surface area contributed by atoms with Crippen LogP contribution in [0.1, 0.15) is 59.1 Å². The molecule has 8 heteroatoms. The van der Waals surface area contributed by atoms with Gasteiger partial charge in [-0.3, -0.25) is 14.7 Å². The summed E-state index contributed by atoms with van der Waals surface area (Å²) in [6, 6.07) is 12.3. The van der Waals surface area contributed by atoms with Gasteiger partial charge in [-0.1, -0.05) is 36.4 Å². The van der Waals surface area contributed by atoms with Crippen molar-refractivity contribution in [3.8, 4) is 5.75 Å². The number of aliphatic carboxylic acids is 1. The third-order valence-corrected chi connectivity index (χ3v) is 7.47. The highest BCUT2D eigenvalue weighted by Gasteiger charge is 2.25. The van der Waals surface area contributed by atoms with Crippen molar-refractivity contribution < 1.29 is 14.6 Å². The molecule has 2 atom stereocenters. The molecule has 3 heterocycles. The lowest BCUT2D eigenvalue weighted by Crippen LogP contribution is -2.32. The number of carboxylic acids is 1. The SMILES string of the molecule is CC[C@@H]1CN(Cc2cc(C(CC(=O)O)c3ccc4c(nnn4C)c3C)ccc2C)Cc2cnccc2O1. The molecule has 1 aliphatic rings. The van der Waals surface area contributed by atoms with Gasteiger partial charge in [-0.05, 0) is 60.2 Å². The molecule has 1 N–H and O–H groups in total. The van der Waals surface area contributed by atoms with Crippen LogP contribution in [-0.4, -0.2) is 48.6 Å². The lowest BCUT2D eigenvalue weighted by molar-refractivity contribution is -0.137. The van der Waals surface area contributed by atoms with Crippen molar-refractivity contribution in [1.29, 1.82) is 0 Å². The Kier molecular flexibility index (Phi) is 6.93. The van der Waals surface area contributed by atoms with Crippen molar-refractivity contribution >= 4 is 17.0 Å². The van der Waals surface area contributed by atoms with E-state index in [0.717, 1.165) is 65.1 Å². The van der Waals surface area contributed by atoms with Crippen LogP contribution in [0.25, 0.3) is 11.0 Å². The van der Waals surface area contributed by atoms with Gasteiger partial charge in [0.2, 0.25) is 0 Å². The number of hydrogen-bond acceptors (Lipinski definition) is 6. The number of carboxylic acid groups (broad SMARTS) is 1. The van der Waals surface area contributed by atoms with Crippen LogP contribution in [0.2, 0.25) is 0 Å². The van der Waals surface area contributed by atoms with E-state index in [1.807, 2.05) is 38.4 Å². The highest BCUT2D eigenvalue weighted by atomic mass is 16.5. The predicted molar refractivity (Wildman–Crippen MR) is 142 cm³/mol. The second-order valence-electron chi connectivity index (χ2n) is 10.00. The third kappa shape index (κ3) is 5.06. The largest absolute Gasteiger partial charge is 0.489 e. The topological polar surface area (TPSA) is 93.4 Å². The molecule has 0 spiro atoms. The first-order chi connectivity index (χ1) is 17.8. The molecule has 37 heavy (non-hydrogen) atoms. The standard InChI is InChI=1S/C29H33N5O3/c1-5-23-17-34(16-22-14-30-11-10-27(22)37-23)15-21-12-20(7-6-18(21)2)25(13-28(35)36)24-8-9-26-29(19(24)3)31-32-33(26)4/h6-12,14,23,25H,5,13,15-17H2,1-4H3,(H,35,36)/t23-,25?/m1/s1. The molecule has 1 aliphatic heterocycles. The number of carbonyl (C=O) groups is 1. The van der Waals surface area contributed by atoms with E-state index in [0.29, 0.717) is 0 Å². The van der Waals surface area contributed by atoms with E-state index >= 15 is 0 Å². The van der Waals surface area contributed by atoms with Crippen molar-refractivity contribution in [1.82, 2.24) is 24.9 Å². The number of benzene rings is 2. The van der Waals surface area contributed by atoms with Gasteiger partial charge < -0.3 is 9.84 Å². The summed E-state index contributed by atoms with van der Waals surface area (Å²) >= 11 is 0. The van der Waals surface area contributed by atoms with Crippen LogP contribution in [0.5, 0.6) is 5.75 Å². The van der Waals surface area contributed by atoms with Crippen LogP contribution in [0.4, 0.5) is 0 Å². The first-order valence-corrected chi connectivity index (χ1v) is 12.8. The van der Waals surface area contributed by atoms with Gasteiger partial charge in [0.1, 0.15) is 17.4 Å². The van der Waals surface area contributed by atoms with Crippen molar-refractivity contribution in [3.05, 3.63) is 82.2 Å². The molecule has 0 amide bonds. The molecule has 0 fully saturated rings. The summed E-state index contributed by atoms with van der Waals surface area (Å²) < 4.78 is 8.00. The fourth-order valence-corrected chi connectivity index (χ4v) is 5.32. The van der Waals surface area contributed by atoms with Crippen LogP contribution in [-0.2, 0) is 24.9 Å². The smallest absolute Gasteiger partial charge is 0.304 e. The maximum absolute atomic E-state index is 12.0. The van der Waals surface area contributed by atoms with Crippen LogP contribution in [0, 0.1) is 13.8 Å². The van der Waals surface area contributed by atoms with Crippen LogP contribution < -0.4 is 4.74 Å². The molecule has 0 saturated carbocycles. The van der Waals surface area contributed by atoms with Crippen molar-refractivity contribution in [2.45, 2.75) is 58.7 Å². The molecule has 0 saturated heterocycles. The lowest BCUT2D eigenvalue weighted by atomic mass is 9.84. The molecule has 0 bridgehead atoms. The maximum atomic E-state index is 12.0. The number of fused-ring (bicyclic) bond motifs is 2. The Bertz CT molecular complexity index is 1450. The van der Waals surface area contributed by atoms with Gasteiger partial charge in [0.25, 0.3) is 0 Å². The Hall–Kier alpha value is -3.78. The Morgan fingerprint density at radius 3 is 2.84 bits per heavy atom. The summed E-state index contributed by atoms with van der Waals surface area (Å²) in [5, 5.41) is 18.3. The Morgan fingerprint density at radius 1 is 1.22 bits per heavy atom. The average molecular weight is 500 g/mol. The van der Waals surface area contributed by atoms with Crippen LogP contribution in [0.15, 0.2) is 48.8 Å². The maximum Gasteiger partial charge on any atom is 0.304 e. The first-order valence-electron chi connectivity index (χ1n) is 12.8. The summed E-state index contributed by atoms with van der Waals surface area (Å²) in [5.41, 5.74) is 8.14. The molecular formula is C29H33N5O3. The summed E-state index contributed by atoms with van der Waals surface area (Å²) in [4.78, 5) is 18.7. The number of pyridine rings is 1. The van der Waals surface area contributed by atoms with Crippen molar-refractivity contribution in [2.24, 2.45) is 7.05 Å². The zero-order valence-corrected chi connectivity index (χ0v) is 21.8. The van der Waals surface area contributed by atoms with E-state index in [9.17, 15) is 9.90 Å². The van der Waals surface area contributed by atoms with E-state index in [-0.39, 0.29) is 18.4 Å². The first kappa shape index (κ1) is 24.9. The van der Waals surface area contributed by atoms with E-state index in [4.69, 9.17) is 4.74 Å². The summed E-state index contributed by atoms with van der Waals surface area (Å²) in [5.74, 6) is -0.208. The normalized spacial score (nSPS) is 16.7. The fraction of sp³-hybridized carbons (Fsp3) is 0.379. The highest BCUT2D eigenvalue weighted by molar-refractivity contribution is 5.80. The number of ether oxygens (including phenoxy) is 1. The summed E-state index contributed by atoms with van der Waals surface area (Å²) in [6.45, 7) is 8.58. The van der Waals surface area contributed by atoms with Gasteiger partial charge in [-0.15, -0.1) is 5.10 Å². The molecule has 2 aromatic heterocycles. The van der Waals surface area contributed by atoms with Gasteiger partial charge in [0.05, 0.1) is 11.9 Å². The van der Waals surface area contributed by atoms with Gasteiger partial charge in [0.15, 0.2) is 0 Å². The molecule has 192 valence electrons. The van der Waals surface area contributed by atoms with Crippen molar-refractivity contribution in [2.75, 3.05) is 6.54 Å². The van der Waals surface area contributed by atoms with Crippen LogP contribution >= 0.6 is 0 Å². The minimum atomic E-state index is -0.828. The number of aryl methyl sites for hydroxylation is 3. The van der Waals surface area contributed by atoms with Crippen molar-refractivity contribution in [3.63, 3.8) is 0 Å². The zero-order chi connectivity index (χ0) is 26.1. The second-order valence-corrected chi connectivity index (χ2v) is 10.00. The van der Waals surface area contributed by atoms with Crippen LogP contribution in [0.3, 0.4) is 0 Å². The third-order valence-electron chi connectivity index (χ3n) is 7.47. The molecule has 5 rings (SSSR count). The Balaban J connectivity index is 1.50. The van der Waals surface area contributed by atoms with Gasteiger partial charge in [-0.25, -0.2) is 4.68 Å².